The number of anilines is 1. The van der Waals surface area contributed by atoms with Crippen molar-refractivity contribution in [3.63, 3.8) is 0 Å². The Kier molecular flexibility index (Phi) is 5.82. The Morgan fingerprint density at radius 2 is 1.87 bits per heavy atom. The Morgan fingerprint density at radius 1 is 1.17 bits per heavy atom. The van der Waals surface area contributed by atoms with Crippen molar-refractivity contribution in [2.45, 2.75) is 39.3 Å². The zero-order chi connectivity index (χ0) is 16.8. The lowest BCUT2D eigenvalue weighted by atomic mass is 10.1. The monoisotopic (exact) mass is 316 g/mol. The average molecular weight is 316 g/mol. The van der Waals surface area contributed by atoms with Gasteiger partial charge in [0.2, 0.25) is 5.91 Å². The predicted octanol–water partition coefficient (Wildman–Crippen LogP) is 3.66. The highest BCUT2D eigenvalue weighted by Crippen LogP contribution is 2.17. The first-order chi connectivity index (χ1) is 11.0. The first-order valence-electron chi connectivity index (χ1n) is 7.74. The molecule has 0 saturated carbocycles. The summed E-state index contributed by atoms with van der Waals surface area (Å²) in [6, 6.07) is 11.3. The minimum Gasteiger partial charge on any atom is -0.497 e. The quantitative estimate of drug-likeness (QED) is 0.818. The Bertz CT molecular complexity index is 634. The zero-order valence-electron chi connectivity index (χ0n) is 14.1. The molecule has 1 heterocycles. The fraction of sp³-hybridized carbons (Fsp3) is 0.389. The summed E-state index contributed by atoms with van der Waals surface area (Å²) in [5.74, 6) is 2.50. The summed E-state index contributed by atoms with van der Waals surface area (Å²) in [7, 11) is 1.61. The van der Waals surface area contributed by atoms with E-state index in [1.807, 2.05) is 57.2 Å². The van der Waals surface area contributed by atoms with Crippen molar-refractivity contribution in [1.82, 2.24) is 5.32 Å². The van der Waals surface area contributed by atoms with Crippen LogP contribution in [0.15, 0.2) is 40.8 Å². The number of amides is 1. The zero-order valence-corrected chi connectivity index (χ0v) is 14.1. The standard InChI is InChI=1S/C18H24N2O3/c1-12(19-14(3)17-10-5-13(2)23-17)11-18(21)20-15-6-8-16(22-4)9-7-15/h5-10,12,14,19H,11H2,1-4H3,(H,20,21). The number of carbonyl (C=O) groups is 1. The molecule has 0 aliphatic heterocycles. The van der Waals surface area contributed by atoms with Gasteiger partial charge in [-0.25, -0.2) is 0 Å². The average Bonchev–Trinajstić information content (AvgIpc) is 2.94. The number of hydrogen-bond acceptors (Lipinski definition) is 4. The van der Waals surface area contributed by atoms with Crippen LogP contribution in [0.3, 0.4) is 0 Å². The van der Waals surface area contributed by atoms with Crippen LogP contribution < -0.4 is 15.4 Å². The molecule has 1 aromatic heterocycles. The topological polar surface area (TPSA) is 63.5 Å². The van der Waals surface area contributed by atoms with E-state index in [1.165, 1.54) is 0 Å². The second-order valence-electron chi connectivity index (χ2n) is 5.72. The molecular weight excluding hydrogens is 292 g/mol. The molecule has 5 heteroatoms. The van der Waals surface area contributed by atoms with Crippen LogP contribution in [0.5, 0.6) is 5.75 Å². The third-order valence-corrected chi connectivity index (χ3v) is 3.59. The maximum absolute atomic E-state index is 12.1. The largest absolute Gasteiger partial charge is 0.497 e. The summed E-state index contributed by atoms with van der Waals surface area (Å²) in [4.78, 5) is 12.1. The van der Waals surface area contributed by atoms with Gasteiger partial charge < -0.3 is 19.8 Å². The fourth-order valence-corrected chi connectivity index (χ4v) is 2.42. The lowest BCUT2D eigenvalue weighted by Crippen LogP contribution is -2.32. The molecule has 2 aromatic rings. The van der Waals surface area contributed by atoms with Gasteiger partial charge in [0.25, 0.3) is 0 Å². The summed E-state index contributed by atoms with van der Waals surface area (Å²) < 4.78 is 10.7. The van der Waals surface area contributed by atoms with E-state index in [4.69, 9.17) is 9.15 Å². The summed E-state index contributed by atoms with van der Waals surface area (Å²) >= 11 is 0. The molecule has 1 aromatic carbocycles. The van der Waals surface area contributed by atoms with E-state index in [0.29, 0.717) is 6.42 Å². The second kappa shape index (κ2) is 7.83. The van der Waals surface area contributed by atoms with Crippen LogP contribution in [-0.4, -0.2) is 19.1 Å². The SMILES string of the molecule is COc1ccc(NC(=O)CC(C)NC(C)c2ccc(C)o2)cc1. The molecular formula is C18H24N2O3. The van der Waals surface area contributed by atoms with E-state index in [-0.39, 0.29) is 18.0 Å². The normalized spacial score (nSPS) is 13.4. The predicted molar refractivity (Wildman–Crippen MR) is 90.7 cm³/mol. The van der Waals surface area contributed by atoms with Gasteiger partial charge in [0, 0.05) is 18.2 Å². The van der Waals surface area contributed by atoms with Gasteiger partial charge in [0.15, 0.2) is 0 Å². The minimum absolute atomic E-state index is 0.0296. The van der Waals surface area contributed by atoms with Crippen LogP contribution in [-0.2, 0) is 4.79 Å². The van der Waals surface area contributed by atoms with Crippen molar-refractivity contribution >= 4 is 11.6 Å². The van der Waals surface area contributed by atoms with Gasteiger partial charge in [-0.3, -0.25) is 4.79 Å². The Balaban J connectivity index is 1.81. The molecule has 0 bridgehead atoms. The molecule has 0 aliphatic rings. The molecule has 1 amide bonds. The lowest BCUT2D eigenvalue weighted by Gasteiger charge is -2.18. The van der Waals surface area contributed by atoms with Gasteiger partial charge in [-0.1, -0.05) is 0 Å². The maximum Gasteiger partial charge on any atom is 0.225 e. The minimum atomic E-state index is -0.0296. The third kappa shape index (κ3) is 5.14. The number of ether oxygens (including phenoxy) is 1. The van der Waals surface area contributed by atoms with Crippen molar-refractivity contribution in [2.24, 2.45) is 0 Å². The molecule has 124 valence electrons. The molecule has 2 atom stereocenters. The molecule has 5 nitrogen and oxygen atoms in total. The maximum atomic E-state index is 12.1. The third-order valence-electron chi connectivity index (χ3n) is 3.59. The Hall–Kier alpha value is -2.27. The number of aryl methyl sites for hydroxylation is 1. The van der Waals surface area contributed by atoms with Crippen molar-refractivity contribution in [2.75, 3.05) is 12.4 Å². The summed E-state index contributed by atoms with van der Waals surface area (Å²) in [6.07, 6.45) is 0.385. The highest BCUT2D eigenvalue weighted by molar-refractivity contribution is 5.91. The molecule has 23 heavy (non-hydrogen) atoms. The van der Waals surface area contributed by atoms with Crippen molar-refractivity contribution in [1.29, 1.82) is 0 Å². The number of hydrogen-bond donors (Lipinski definition) is 2. The molecule has 0 radical (unpaired) electrons. The molecule has 0 saturated heterocycles. The molecule has 0 spiro atoms. The van der Waals surface area contributed by atoms with E-state index in [0.717, 1.165) is 23.0 Å². The number of nitrogens with one attached hydrogen (secondary N) is 2. The van der Waals surface area contributed by atoms with Gasteiger partial charge >= 0.3 is 0 Å². The molecule has 2 rings (SSSR count). The van der Waals surface area contributed by atoms with Crippen molar-refractivity contribution < 1.29 is 13.9 Å². The number of methoxy groups -OCH3 is 1. The first kappa shape index (κ1) is 17.1. The number of furan rings is 1. The van der Waals surface area contributed by atoms with Gasteiger partial charge in [0.1, 0.15) is 17.3 Å². The smallest absolute Gasteiger partial charge is 0.225 e. The fourth-order valence-electron chi connectivity index (χ4n) is 2.42. The van der Waals surface area contributed by atoms with Crippen LogP contribution in [0.4, 0.5) is 5.69 Å². The van der Waals surface area contributed by atoms with E-state index >= 15 is 0 Å². The van der Waals surface area contributed by atoms with Crippen LogP contribution in [0.2, 0.25) is 0 Å². The first-order valence-corrected chi connectivity index (χ1v) is 7.74. The lowest BCUT2D eigenvalue weighted by molar-refractivity contribution is -0.116. The summed E-state index contributed by atoms with van der Waals surface area (Å²) in [6.45, 7) is 5.93. The van der Waals surface area contributed by atoms with E-state index < -0.39 is 0 Å². The highest BCUT2D eigenvalue weighted by atomic mass is 16.5. The van der Waals surface area contributed by atoms with Crippen molar-refractivity contribution in [3.05, 3.63) is 47.9 Å². The van der Waals surface area contributed by atoms with Crippen LogP contribution in [0, 0.1) is 6.92 Å². The molecule has 0 aliphatic carbocycles. The summed E-state index contributed by atoms with van der Waals surface area (Å²) in [5.41, 5.74) is 0.762. The molecule has 2 N–H and O–H groups in total. The highest BCUT2D eigenvalue weighted by Gasteiger charge is 2.15. The van der Waals surface area contributed by atoms with Crippen LogP contribution in [0.1, 0.15) is 37.8 Å². The van der Waals surface area contributed by atoms with Crippen LogP contribution >= 0.6 is 0 Å². The van der Waals surface area contributed by atoms with Gasteiger partial charge in [0.05, 0.1) is 13.2 Å². The molecule has 0 fully saturated rings. The number of carbonyl (C=O) groups excluding carboxylic acids is 1. The van der Waals surface area contributed by atoms with Gasteiger partial charge in [-0.05, 0) is 57.2 Å². The number of rotatable bonds is 7. The Morgan fingerprint density at radius 3 is 2.43 bits per heavy atom. The van der Waals surface area contributed by atoms with Gasteiger partial charge in [-0.15, -0.1) is 0 Å². The van der Waals surface area contributed by atoms with Crippen LogP contribution in [0.25, 0.3) is 0 Å². The van der Waals surface area contributed by atoms with E-state index in [1.54, 1.807) is 7.11 Å². The Labute approximate surface area is 137 Å². The summed E-state index contributed by atoms with van der Waals surface area (Å²) in [5, 5.41) is 6.25. The van der Waals surface area contributed by atoms with Crippen molar-refractivity contribution in [3.8, 4) is 5.75 Å². The van der Waals surface area contributed by atoms with Gasteiger partial charge in [-0.2, -0.15) is 0 Å². The van der Waals surface area contributed by atoms with E-state index in [9.17, 15) is 4.79 Å². The number of benzene rings is 1. The van der Waals surface area contributed by atoms with E-state index in [2.05, 4.69) is 10.6 Å². The second-order valence-corrected chi connectivity index (χ2v) is 5.72. The molecule has 2 unspecified atom stereocenters.